The third-order valence-electron chi connectivity index (χ3n) is 3.45. The second-order valence-electron chi connectivity index (χ2n) is 4.93. The quantitative estimate of drug-likeness (QED) is 0.479. The van der Waals surface area contributed by atoms with Gasteiger partial charge in [-0.05, 0) is 35.4 Å². The van der Waals surface area contributed by atoms with Crippen LogP contribution in [0, 0.1) is 4.91 Å². The van der Waals surface area contributed by atoms with Crippen LogP contribution in [0.15, 0.2) is 36.4 Å². The van der Waals surface area contributed by atoms with Crippen LogP contribution in [0.4, 0.5) is 0 Å². The van der Waals surface area contributed by atoms with Gasteiger partial charge in [0.25, 0.3) is 0 Å². The maximum Gasteiger partial charge on any atom is 0.475 e. The summed E-state index contributed by atoms with van der Waals surface area (Å²) < 4.78 is 10.2. The summed E-state index contributed by atoms with van der Waals surface area (Å²) in [6, 6.07) is 11.4. The molecule has 2 rings (SSSR count). The molecule has 1 atom stereocenters. The van der Waals surface area contributed by atoms with Gasteiger partial charge < -0.3 is 9.47 Å². The number of benzene rings is 2. The van der Waals surface area contributed by atoms with E-state index in [-0.39, 0.29) is 13.2 Å². The van der Waals surface area contributed by atoms with Crippen molar-refractivity contribution in [3.05, 3.63) is 46.9 Å². The summed E-state index contributed by atoms with van der Waals surface area (Å²) in [4.78, 5) is 26.3. The summed E-state index contributed by atoms with van der Waals surface area (Å²) in [5, 5.41) is 9.59. The summed E-state index contributed by atoms with van der Waals surface area (Å²) in [7, 11) is 1.61. The van der Waals surface area contributed by atoms with Crippen LogP contribution in [0.1, 0.15) is 18.4 Å². The van der Waals surface area contributed by atoms with Crippen LogP contribution in [0.25, 0.3) is 10.8 Å². The highest BCUT2D eigenvalue weighted by atomic mass is 17.0. The van der Waals surface area contributed by atoms with Crippen LogP contribution in [0.2, 0.25) is 0 Å². The fraction of sp³-hybridized carbons (Fsp3) is 0.312. The molecule has 7 nitrogen and oxygen atoms in total. The molecule has 0 radical (unpaired) electrons. The molecule has 0 aromatic heterocycles. The predicted octanol–water partition coefficient (Wildman–Crippen LogP) is 2.59. The molecule has 0 saturated carbocycles. The van der Waals surface area contributed by atoms with Gasteiger partial charge in [0.15, 0.2) is 0 Å². The van der Waals surface area contributed by atoms with Crippen molar-refractivity contribution in [3.63, 3.8) is 0 Å². The molecule has 1 N–H and O–H groups in total. The van der Waals surface area contributed by atoms with Crippen LogP contribution in [0.5, 0.6) is 5.75 Å². The van der Waals surface area contributed by atoms with Crippen molar-refractivity contribution >= 4 is 16.7 Å². The molecule has 23 heavy (non-hydrogen) atoms. The summed E-state index contributed by atoms with van der Waals surface area (Å²) in [6.07, 6.45) is 0. The zero-order valence-electron chi connectivity index (χ0n) is 12.9. The first kappa shape index (κ1) is 16.5. The van der Waals surface area contributed by atoms with Gasteiger partial charge in [-0.2, -0.15) is 4.84 Å². The fourth-order valence-electron chi connectivity index (χ4n) is 2.16. The number of carbonyl (C=O) groups excluding carboxylic acids is 1. The Morgan fingerprint density at radius 1 is 1.17 bits per heavy atom. The Kier molecular flexibility index (Phi) is 5.35. The smallest absolute Gasteiger partial charge is 0.475 e. The lowest BCUT2D eigenvalue weighted by Gasteiger charge is -2.12. The SMILES string of the molecule is COc1ccc2cc(C(C)C(=O)OCCO[N+](=O)O)ccc2c1. The van der Waals surface area contributed by atoms with Crippen molar-refractivity contribution in [2.45, 2.75) is 12.8 Å². The van der Waals surface area contributed by atoms with Crippen molar-refractivity contribution in [2.24, 2.45) is 0 Å². The second-order valence-corrected chi connectivity index (χ2v) is 4.93. The van der Waals surface area contributed by atoms with E-state index in [0.29, 0.717) is 0 Å². The number of methoxy groups -OCH3 is 1. The Morgan fingerprint density at radius 3 is 2.57 bits per heavy atom. The summed E-state index contributed by atoms with van der Waals surface area (Å²) in [6.45, 7) is 1.41. The molecule has 0 fully saturated rings. The molecule has 0 saturated heterocycles. The van der Waals surface area contributed by atoms with E-state index in [2.05, 4.69) is 4.84 Å². The second kappa shape index (κ2) is 7.44. The Hall–Kier alpha value is -2.83. The number of hydrogen-bond donors (Lipinski definition) is 1. The van der Waals surface area contributed by atoms with Gasteiger partial charge in [-0.3, -0.25) is 4.79 Å². The van der Waals surface area contributed by atoms with Crippen molar-refractivity contribution in [1.29, 1.82) is 0 Å². The summed E-state index contributed by atoms with van der Waals surface area (Å²) in [5.74, 6) is -0.121. The molecule has 122 valence electrons. The predicted molar refractivity (Wildman–Crippen MR) is 81.2 cm³/mol. The topological polar surface area (TPSA) is 85.1 Å². The molecule has 1 unspecified atom stereocenters. The molecule has 0 aliphatic carbocycles. The highest BCUT2D eigenvalue weighted by molar-refractivity contribution is 5.86. The minimum Gasteiger partial charge on any atom is -0.497 e. The molecule has 2 aromatic rings. The molecule has 0 aliphatic rings. The minimum atomic E-state index is -0.672. The molecule has 0 amide bonds. The molecular formula is C16H18NO6+. The lowest BCUT2D eigenvalue weighted by Crippen LogP contribution is -2.17. The third-order valence-corrected chi connectivity index (χ3v) is 3.45. The first-order valence-corrected chi connectivity index (χ1v) is 7.04. The van der Waals surface area contributed by atoms with Gasteiger partial charge in [-0.25, -0.2) is 5.21 Å². The van der Waals surface area contributed by atoms with Crippen molar-refractivity contribution in [3.8, 4) is 5.75 Å². The Balaban J connectivity index is 2.03. The van der Waals surface area contributed by atoms with Gasteiger partial charge in [-0.15, -0.1) is 0 Å². The minimum absolute atomic E-state index is 0.118. The molecule has 0 aliphatic heterocycles. The lowest BCUT2D eigenvalue weighted by molar-refractivity contribution is -0.975. The normalized spacial score (nSPS) is 11.7. The standard InChI is InChI=1S/C16H18NO6/c1-11(16(18)22-7-8-23-17(19)20)12-3-4-14-10-15(21-2)6-5-13(14)9-12/h3-6,9-11H,7-8H2,1-2H3,(H,19,20)/q+1. The highest BCUT2D eigenvalue weighted by Gasteiger charge is 2.18. The van der Waals surface area contributed by atoms with Crippen LogP contribution in [0.3, 0.4) is 0 Å². The van der Waals surface area contributed by atoms with E-state index in [9.17, 15) is 9.70 Å². The van der Waals surface area contributed by atoms with Crippen molar-refractivity contribution in [2.75, 3.05) is 20.3 Å². The zero-order valence-corrected chi connectivity index (χ0v) is 12.9. The van der Waals surface area contributed by atoms with Crippen LogP contribution >= 0.6 is 0 Å². The summed E-state index contributed by atoms with van der Waals surface area (Å²) in [5.41, 5.74) is 0.821. The Labute approximate surface area is 132 Å². The molecule has 7 heteroatoms. The zero-order chi connectivity index (χ0) is 16.8. The average molecular weight is 320 g/mol. The van der Waals surface area contributed by atoms with Gasteiger partial charge in [0, 0.05) is 0 Å². The van der Waals surface area contributed by atoms with E-state index in [0.717, 1.165) is 22.1 Å². The third kappa shape index (κ3) is 4.32. The molecule has 0 spiro atoms. The number of carbonyl (C=O) groups is 1. The Morgan fingerprint density at radius 2 is 1.87 bits per heavy atom. The number of fused-ring (bicyclic) bond motifs is 1. The van der Waals surface area contributed by atoms with E-state index in [4.69, 9.17) is 14.7 Å². The molecular weight excluding hydrogens is 302 g/mol. The number of hydrogen-bond acceptors (Lipinski definition) is 5. The summed E-state index contributed by atoms with van der Waals surface area (Å²) >= 11 is 0. The first-order valence-electron chi connectivity index (χ1n) is 7.04. The van der Waals surface area contributed by atoms with Gasteiger partial charge >= 0.3 is 11.1 Å². The van der Waals surface area contributed by atoms with E-state index in [1.165, 1.54) is 0 Å². The number of esters is 1. The number of nitrogens with zero attached hydrogens (tertiary/aromatic N) is 1. The highest BCUT2D eigenvalue weighted by Crippen LogP contribution is 2.25. The maximum absolute atomic E-state index is 12.0. The van der Waals surface area contributed by atoms with Crippen LogP contribution in [-0.2, 0) is 14.4 Å². The fourth-order valence-corrected chi connectivity index (χ4v) is 2.16. The molecule has 2 aromatic carbocycles. The largest absolute Gasteiger partial charge is 0.497 e. The van der Waals surface area contributed by atoms with E-state index < -0.39 is 17.0 Å². The number of ether oxygens (including phenoxy) is 2. The Bertz CT molecular complexity index is 715. The van der Waals surface area contributed by atoms with Crippen LogP contribution < -0.4 is 4.74 Å². The van der Waals surface area contributed by atoms with E-state index >= 15 is 0 Å². The van der Waals surface area contributed by atoms with Gasteiger partial charge in [0.2, 0.25) is 6.61 Å². The number of rotatable bonds is 7. The maximum atomic E-state index is 12.0. The van der Waals surface area contributed by atoms with Crippen molar-refractivity contribution < 1.29 is 29.4 Å². The monoisotopic (exact) mass is 320 g/mol. The van der Waals surface area contributed by atoms with E-state index in [1.54, 1.807) is 14.0 Å². The van der Waals surface area contributed by atoms with Gasteiger partial charge in [-0.1, -0.05) is 24.3 Å². The molecule has 0 heterocycles. The van der Waals surface area contributed by atoms with Gasteiger partial charge in [0.1, 0.15) is 17.3 Å². The van der Waals surface area contributed by atoms with Gasteiger partial charge in [0.05, 0.1) is 13.0 Å². The first-order chi connectivity index (χ1) is 11.0. The lowest BCUT2D eigenvalue weighted by atomic mass is 9.98. The van der Waals surface area contributed by atoms with Crippen LogP contribution in [-0.4, -0.2) is 36.6 Å². The van der Waals surface area contributed by atoms with E-state index in [1.807, 2.05) is 36.4 Å². The molecule has 0 bridgehead atoms. The average Bonchev–Trinajstić information content (AvgIpc) is 2.56. The van der Waals surface area contributed by atoms with Crippen molar-refractivity contribution in [1.82, 2.24) is 0 Å².